The highest BCUT2D eigenvalue weighted by Crippen LogP contribution is 2.43. The van der Waals surface area contributed by atoms with Crippen molar-refractivity contribution in [2.75, 3.05) is 39.9 Å². The van der Waals surface area contributed by atoms with Gasteiger partial charge in [0.1, 0.15) is 0 Å². The van der Waals surface area contributed by atoms with Crippen molar-refractivity contribution in [3.05, 3.63) is 64.2 Å². The number of nitro benzene ring substituents is 1. The molecule has 8 heteroatoms. The van der Waals surface area contributed by atoms with Crippen LogP contribution in [0, 0.1) is 16.0 Å². The zero-order valence-electron chi connectivity index (χ0n) is 16.6. The summed E-state index contributed by atoms with van der Waals surface area (Å²) in [6.07, 6.45) is 0. The number of anilines is 1. The Bertz CT molecular complexity index is 872. The second-order valence-electron chi connectivity index (χ2n) is 6.66. The third kappa shape index (κ3) is 4.27. The fraction of sp³-hybridized carbons (Fsp3) is 0.333. The van der Waals surface area contributed by atoms with Gasteiger partial charge in [-0.25, -0.2) is 0 Å². The summed E-state index contributed by atoms with van der Waals surface area (Å²) in [4.78, 5) is 10.5. The third-order valence-corrected chi connectivity index (χ3v) is 4.96. The molecule has 1 fully saturated rings. The van der Waals surface area contributed by atoms with Crippen molar-refractivity contribution in [2.24, 2.45) is 5.92 Å². The van der Waals surface area contributed by atoms with E-state index >= 15 is 0 Å². The van der Waals surface area contributed by atoms with E-state index in [1.807, 2.05) is 12.1 Å². The normalized spacial score (nSPS) is 16.9. The minimum absolute atomic E-state index is 0.00741. The molecule has 0 bridgehead atoms. The standard InChI is InChI=1S/C21H24N2O6/c1-13-11-29-12-17(13)20(22-15-5-7-16(8-6-15)23(24)25)14-9-18(26-2)21(28-4)19(10-14)27-3/h5-10,17,20,22H,1,11-12H2,2-4H3/t17-,20-/m0/s1. The van der Waals surface area contributed by atoms with Crippen LogP contribution in [0.3, 0.4) is 0 Å². The minimum atomic E-state index is -0.423. The van der Waals surface area contributed by atoms with Gasteiger partial charge in [0.05, 0.1) is 45.5 Å². The number of rotatable bonds is 8. The number of nitro groups is 1. The van der Waals surface area contributed by atoms with Gasteiger partial charge < -0.3 is 24.3 Å². The Kier molecular flexibility index (Phi) is 6.23. The van der Waals surface area contributed by atoms with Crippen molar-refractivity contribution in [3.63, 3.8) is 0 Å². The number of hydrogen-bond acceptors (Lipinski definition) is 7. The molecule has 0 radical (unpaired) electrons. The summed E-state index contributed by atoms with van der Waals surface area (Å²) in [5, 5.41) is 14.4. The first-order valence-electron chi connectivity index (χ1n) is 9.04. The molecule has 0 spiro atoms. The van der Waals surface area contributed by atoms with Crippen LogP contribution in [0.5, 0.6) is 17.2 Å². The molecule has 1 aliphatic rings. The highest BCUT2D eigenvalue weighted by atomic mass is 16.6. The number of benzene rings is 2. The summed E-state index contributed by atoms with van der Waals surface area (Å²) >= 11 is 0. The van der Waals surface area contributed by atoms with Gasteiger partial charge in [0.25, 0.3) is 5.69 Å². The fourth-order valence-electron chi connectivity index (χ4n) is 3.43. The van der Waals surface area contributed by atoms with Gasteiger partial charge >= 0.3 is 0 Å². The first kappa shape index (κ1) is 20.5. The Balaban J connectivity index is 2.02. The molecule has 3 rings (SSSR count). The van der Waals surface area contributed by atoms with E-state index in [0.29, 0.717) is 30.5 Å². The zero-order valence-corrected chi connectivity index (χ0v) is 16.6. The van der Waals surface area contributed by atoms with Crippen molar-refractivity contribution >= 4 is 11.4 Å². The van der Waals surface area contributed by atoms with Crippen LogP contribution in [0.4, 0.5) is 11.4 Å². The topological polar surface area (TPSA) is 92.1 Å². The van der Waals surface area contributed by atoms with Crippen molar-refractivity contribution in [1.29, 1.82) is 0 Å². The lowest BCUT2D eigenvalue weighted by molar-refractivity contribution is -0.384. The number of hydrogen-bond donors (Lipinski definition) is 1. The van der Waals surface area contributed by atoms with Crippen LogP contribution >= 0.6 is 0 Å². The second-order valence-corrected chi connectivity index (χ2v) is 6.66. The number of ether oxygens (including phenoxy) is 4. The maximum atomic E-state index is 10.9. The minimum Gasteiger partial charge on any atom is -0.493 e. The maximum Gasteiger partial charge on any atom is 0.269 e. The largest absolute Gasteiger partial charge is 0.493 e. The van der Waals surface area contributed by atoms with Gasteiger partial charge in [0.2, 0.25) is 5.75 Å². The van der Waals surface area contributed by atoms with Crippen molar-refractivity contribution in [3.8, 4) is 17.2 Å². The van der Waals surface area contributed by atoms with E-state index in [1.165, 1.54) is 12.1 Å². The highest BCUT2D eigenvalue weighted by molar-refractivity contribution is 5.57. The Hall–Kier alpha value is -3.26. The smallest absolute Gasteiger partial charge is 0.269 e. The predicted octanol–water partition coefficient (Wildman–Crippen LogP) is 3.98. The molecule has 2 atom stereocenters. The second kappa shape index (κ2) is 8.83. The molecule has 0 aromatic heterocycles. The van der Waals surface area contributed by atoms with E-state index in [4.69, 9.17) is 18.9 Å². The molecule has 0 unspecified atom stereocenters. The molecule has 8 nitrogen and oxygen atoms in total. The zero-order chi connectivity index (χ0) is 21.0. The summed E-state index contributed by atoms with van der Waals surface area (Å²) in [7, 11) is 4.69. The van der Waals surface area contributed by atoms with Gasteiger partial charge in [-0.1, -0.05) is 6.58 Å². The Morgan fingerprint density at radius 1 is 1.14 bits per heavy atom. The van der Waals surface area contributed by atoms with Gasteiger partial charge in [0.15, 0.2) is 11.5 Å². The lowest BCUT2D eigenvalue weighted by Crippen LogP contribution is -2.22. The van der Waals surface area contributed by atoms with E-state index < -0.39 is 4.92 Å². The molecule has 1 heterocycles. The lowest BCUT2D eigenvalue weighted by atomic mass is 9.89. The van der Waals surface area contributed by atoms with Crippen LogP contribution in [0.15, 0.2) is 48.6 Å². The summed E-state index contributed by atoms with van der Waals surface area (Å²) in [5.74, 6) is 1.60. The predicted molar refractivity (Wildman–Crippen MR) is 109 cm³/mol. The molecule has 1 N–H and O–H groups in total. The molecule has 1 saturated heterocycles. The molecule has 0 saturated carbocycles. The molecular formula is C21H24N2O6. The van der Waals surface area contributed by atoms with Crippen LogP contribution in [-0.4, -0.2) is 39.5 Å². The molecule has 0 amide bonds. The molecule has 0 aliphatic carbocycles. The Morgan fingerprint density at radius 3 is 2.21 bits per heavy atom. The van der Waals surface area contributed by atoms with Gasteiger partial charge in [-0.3, -0.25) is 10.1 Å². The number of methoxy groups -OCH3 is 3. The van der Waals surface area contributed by atoms with Crippen LogP contribution in [0.2, 0.25) is 0 Å². The molecule has 154 valence electrons. The number of nitrogens with zero attached hydrogens (tertiary/aromatic N) is 1. The third-order valence-electron chi connectivity index (χ3n) is 4.96. The first-order valence-corrected chi connectivity index (χ1v) is 9.04. The lowest BCUT2D eigenvalue weighted by Gasteiger charge is -2.27. The van der Waals surface area contributed by atoms with E-state index in [2.05, 4.69) is 11.9 Å². The van der Waals surface area contributed by atoms with Gasteiger partial charge in [0, 0.05) is 23.7 Å². The summed E-state index contributed by atoms with van der Waals surface area (Å²) in [6.45, 7) is 5.15. The SMILES string of the molecule is C=C1COC[C@@H]1[C@@H](Nc1ccc([N+](=O)[O-])cc1)c1cc(OC)c(OC)c(OC)c1. The molecular weight excluding hydrogens is 376 g/mol. The van der Waals surface area contributed by atoms with Crippen LogP contribution < -0.4 is 19.5 Å². The van der Waals surface area contributed by atoms with Gasteiger partial charge in [-0.05, 0) is 35.4 Å². The van der Waals surface area contributed by atoms with E-state index in [-0.39, 0.29) is 17.6 Å². The molecule has 2 aromatic rings. The van der Waals surface area contributed by atoms with Crippen molar-refractivity contribution in [2.45, 2.75) is 6.04 Å². The average molecular weight is 400 g/mol. The number of nitrogens with one attached hydrogen (secondary N) is 1. The van der Waals surface area contributed by atoms with E-state index in [1.54, 1.807) is 33.5 Å². The summed E-state index contributed by atoms with van der Waals surface area (Å²) in [5.41, 5.74) is 2.65. The monoisotopic (exact) mass is 400 g/mol. The van der Waals surface area contributed by atoms with Crippen molar-refractivity contribution < 1.29 is 23.9 Å². The average Bonchev–Trinajstić information content (AvgIpc) is 3.16. The molecule has 2 aromatic carbocycles. The quantitative estimate of drug-likeness (QED) is 0.407. The Morgan fingerprint density at radius 2 is 1.76 bits per heavy atom. The summed E-state index contributed by atoms with van der Waals surface area (Å²) in [6, 6.07) is 9.86. The summed E-state index contributed by atoms with van der Waals surface area (Å²) < 4.78 is 22.0. The fourth-order valence-corrected chi connectivity index (χ4v) is 3.43. The van der Waals surface area contributed by atoms with Crippen LogP contribution in [0.1, 0.15) is 11.6 Å². The molecule has 1 aliphatic heterocycles. The van der Waals surface area contributed by atoms with E-state index in [0.717, 1.165) is 16.8 Å². The molecule has 29 heavy (non-hydrogen) atoms. The van der Waals surface area contributed by atoms with Gasteiger partial charge in [-0.2, -0.15) is 0 Å². The first-order chi connectivity index (χ1) is 14.0. The van der Waals surface area contributed by atoms with Crippen LogP contribution in [0.25, 0.3) is 0 Å². The number of non-ortho nitro benzene ring substituents is 1. The highest BCUT2D eigenvalue weighted by Gasteiger charge is 2.31. The Labute approximate surface area is 169 Å². The van der Waals surface area contributed by atoms with Crippen molar-refractivity contribution in [1.82, 2.24) is 0 Å². The maximum absolute atomic E-state index is 10.9. The van der Waals surface area contributed by atoms with Gasteiger partial charge in [-0.15, -0.1) is 0 Å². The van der Waals surface area contributed by atoms with Crippen LogP contribution in [-0.2, 0) is 4.74 Å². The van der Waals surface area contributed by atoms with E-state index in [9.17, 15) is 10.1 Å².